The standard InChI is InChI=1S/C9H19NO4/c1-4-14-6-5-10-7-9(2,12)8(11)13-3/h10,12H,4-7H2,1-3H3. The van der Waals surface area contributed by atoms with Gasteiger partial charge in [0.1, 0.15) is 0 Å². The van der Waals surface area contributed by atoms with Gasteiger partial charge in [-0.3, -0.25) is 0 Å². The van der Waals surface area contributed by atoms with Crippen molar-refractivity contribution in [3.63, 3.8) is 0 Å². The second-order valence-corrected chi connectivity index (χ2v) is 3.14. The van der Waals surface area contributed by atoms with Crippen LogP contribution in [-0.2, 0) is 14.3 Å². The highest BCUT2D eigenvalue weighted by molar-refractivity contribution is 5.78. The summed E-state index contributed by atoms with van der Waals surface area (Å²) < 4.78 is 9.51. The second kappa shape index (κ2) is 6.75. The molecule has 0 aliphatic heterocycles. The smallest absolute Gasteiger partial charge is 0.338 e. The van der Waals surface area contributed by atoms with E-state index in [1.54, 1.807) is 0 Å². The van der Waals surface area contributed by atoms with Gasteiger partial charge in [-0.1, -0.05) is 0 Å². The summed E-state index contributed by atoms with van der Waals surface area (Å²) in [4.78, 5) is 11.0. The Morgan fingerprint density at radius 2 is 2.21 bits per heavy atom. The van der Waals surface area contributed by atoms with Crippen molar-refractivity contribution in [3.05, 3.63) is 0 Å². The van der Waals surface area contributed by atoms with Crippen LogP contribution in [0.2, 0.25) is 0 Å². The molecule has 5 heteroatoms. The molecular weight excluding hydrogens is 186 g/mol. The summed E-state index contributed by atoms with van der Waals surface area (Å²) in [6.07, 6.45) is 0. The molecule has 0 bridgehead atoms. The van der Waals surface area contributed by atoms with E-state index in [0.29, 0.717) is 19.8 Å². The zero-order valence-electron chi connectivity index (χ0n) is 9.00. The van der Waals surface area contributed by atoms with E-state index in [2.05, 4.69) is 10.1 Å². The number of hydrogen-bond acceptors (Lipinski definition) is 5. The van der Waals surface area contributed by atoms with Crippen molar-refractivity contribution in [2.24, 2.45) is 0 Å². The lowest BCUT2D eigenvalue weighted by atomic mass is 10.1. The highest BCUT2D eigenvalue weighted by atomic mass is 16.5. The lowest BCUT2D eigenvalue weighted by Crippen LogP contribution is -2.46. The molecule has 0 spiro atoms. The van der Waals surface area contributed by atoms with Crippen LogP contribution < -0.4 is 5.32 Å². The predicted molar refractivity (Wildman–Crippen MR) is 52.0 cm³/mol. The molecule has 0 aliphatic carbocycles. The zero-order chi connectivity index (χ0) is 11.0. The van der Waals surface area contributed by atoms with Gasteiger partial charge in [0.05, 0.1) is 13.7 Å². The van der Waals surface area contributed by atoms with Crippen molar-refractivity contribution in [2.75, 3.05) is 33.4 Å². The Kier molecular flexibility index (Phi) is 6.44. The van der Waals surface area contributed by atoms with E-state index >= 15 is 0 Å². The van der Waals surface area contributed by atoms with E-state index in [9.17, 15) is 9.90 Å². The molecule has 5 nitrogen and oxygen atoms in total. The molecule has 14 heavy (non-hydrogen) atoms. The quantitative estimate of drug-likeness (QED) is 0.435. The van der Waals surface area contributed by atoms with Crippen LogP contribution in [0.15, 0.2) is 0 Å². The topological polar surface area (TPSA) is 67.8 Å². The minimum Gasteiger partial charge on any atom is -0.467 e. The van der Waals surface area contributed by atoms with Crippen LogP contribution in [0, 0.1) is 0 Å². The fourth-order valence-electron chi connectivity index (χ4n) is 0.913. The second-order valence-electron chi connectivity index (χ2n) is 3.14. The van der Waals surface area contributed by atoms with Gasteiger partial charge in [0.25, 0.3) is 0 Å². The first-order valence-electron chi connectivity index (χ1n) is 4.64. The molecule has 0 radical (unpaired) electrons. The Morgan fingerprint density at radius 3 is 2.71 bits per heavy atom. The van der Waals surface area contributed by atoms with Crippen LogP contribution >= 0.6 is 0 Å². The third-order valence-corrected chi connectivity index (χ3v) is 1.72. The van der Waals surface area contributed by atoms with Gasteiger partial charge in [-0.25, -0.2) is 4.79 Å². The van der Waals surface area contributed by atoms with Gasteiger partial charge < -0.3 is 19.9 Å². The van der Waals surface area contributed by atoms with Gasteiger partial charge >= 0.3 is 5.97 Å². The summed E-state index contributed by atoms with van der Waals surface area (Å²) in [7, 11) is 1.25. The van der Waals surface area contributed by atoms with Crippen molar-refractivity contribution in [2.45, 2.75) is 19.4 Å². The summed E-state index contributed by atoms with van der Waals surface area (Å²) in [6, 6.07) is 0. The number of nitrogens with one attached hydrogen (secondary N) is 1. The molecule has 0 amide bonds. The van der Waals surface area contributed by atoms with Gasteiger partial charge in [0.2, 0.25) is 0 Å². The number of esters is 1. The van der Waals surface area contributed by atoms with Crippen molar-refractivity contribution < 1.29 is 19.4 Å². The zero-order valence-corrected chi connectivity index (χ0v) is 9.00. The monoisotopic (exact) mass is 205 g/mol. The Morgan fingerprint density at radius 1 is 1.57 bits per heavy atom. The molecule has 0 aromatic heterocycles. The molecule has 0 aliphatic rings. The Bertz CT molecular complexity index is 170. The maximum Gasteiger partial charge on any atom is 0.338 e. The molecule has 0 fully saturated rings. The third-order valence-electron chi connectivity index (χ3n) is 1.72. The molecule has 0 rings (SSSR count). The lowest BCUT2D eigenvalue weighted by Gasteiger charge is -2.20. The number of ether oxygens (including phenoxy) is 2. The van der Waals surface area contributed by atoms with Crippen LogP contribution in [0.3, 0.4) is 0 Å². The van der Waals surface area contributed by atoms with Crippen LogP contribution in [0.1, 0.15) is 13.8 Å². The molecule has 0 saturated carbocycles. The Hall–Kier alpha value is -0.650. The molecule has 0 heterocycles. The minimum absolute atomic E-state index is 0.159. The summed E-state index contributed by atoms with van der Waals surface area (Å²) >= 11 is 0. The number of aliphatic hydroxyl groups is 1. The Balaban J connectivity index is 3.60. The van der Waals surface area contributed by atoms with Crippen LogP contribution in [0.5, 0.6) is 0 Å². The normalized spacial score (nSPS) is 14.9. The van der Waals surface area contributed by atoms with Crippen LogP contribution in [-0.4, -0.2) is 50.1 Å². The molecule has 1 atom stereocenters. The van der Waals surface area contributed by atoms with Gasteiger partial charge in [-0.05, 0) is 13.8 Å². The first-order chi connectivity index (χ1) is 6.54. The largest absolute Gasteiger partial charge is 0.467 e. The summed E-state index contributed by atoms with van der Waals surface area (Å²) in [6.45, 7) is 5.30. The summed E-state index contributed by atoms with van der Waals surface area (Å²) in [5, 5.41) is 12.5. The summed E-state index contributed by atoms with van der Waals surface area (Å²) in [5.41, 5.74) is -1.47. The molecule has 2 N–H and O–H groups in total. The fraction of sp³-hybridized carbons (Fsp3) is 0.889. The van der Waals surface area contributed by atoms with E-state index in [4.69, 9.17) is 4.74 Å². The average molecular weight is 205 g/mol. The number of hydrogen-bond donors (Lipinski definition) is 2. The first kappa shape index (κ1) is 13.4. The van der Waals surface area contributed by atoms with Crippen LogP contribution in [0.4, 0.5) is 0 Å². The molecule has 0 aromatic rings. The van der Waals surface area contributed by atoms with E-state index in [-0.39, 0.29) is 6.54 Å². The van der Waals surface area contributed by atoms with E-state index in [1.165, 1.54) is 14.0 Å². The predicted octanol–water partition coefficient (Wildman–Crippen LogP) is -0.463. The molecule has 1 unspecified atom stereocenters. The minimum atomic E-state index is -1.47. The van der Waals surface area contributed by atoms with Crippen LogP contribution in [0.25, 0.3) is 0 Å². The number of carbonyl (C=O) groups is 1. The molecule has 84 valence electrons. The number of rotatable bonds is 7. The fourth-order valence-corrected chi connectivity index (χ4v) is 0.913. The van der Waals surface area contributed by atoms with E-state index in [1.807, 2.05) is 6.92 Å². The maximum atomic E-state index is 11.0. The van der Waals surface area contributed by atoms with Gasteiger partial charge in [0, 0.05) is 19.7 Å². The van der Waals surface area contributed by atoms with Crippen molar-refractivity contribution in [1.29, 1.82) is 0 Å². The van der Waals surface area contributed by atoms with Gasteiger partial charge in [-0.15, -0.1) is 0 Å². The third kappa shape index (κ3) is 5.16. The van der Waals surface area contributed by atoms with Crippen molar-refractivity contribution in [1.82, 2.24) is 5.32 Å². The number of methoxy groups -OCH3 is 1. The maximum absolute atomic E-state index is 11.0. The average Bonchev–Trinajstić information content (AvgIpc) is 2.16. The van der Waals surface area contributed by atoms with Crippen molar-refractivity contribution >= 4 is 5.97 Å². The van der Waals surface area contributed by atoms with Gasteiger partial charge in [0.15, 0.2) is 5.60 Å². The SMILES string of the molecule is CCOCCNCC(C)(O)C(=O)OC. The molecular formula is C9H19NO4. The highest BCUT2D eigenvalue weighted by Gasteiger charge is 2.30. The summed E-state index contributed by atoms with van der Waals surface area (Å²) in [5.74, 6) is -0.638. The number of carbonyl (C=O) groups excluding carboxylic acids is 1. The molecule has 0 saturated heterocycles. The van der Waals surface area contributed by atoms with Gasteiger partial charge in [-0.2, -0.15) is 0 Å². The van der Waals surface area contributed by atoms with E-state index < -0.39 is 11.6 Å². The Labute approximate surface area is 84.4 Å². The van der Waals surface area contributed by atoms with E-state index in [0.717, 1.165) is 0 Å². The molecule has 0 aromatic carbocycles. The first-order valence-corrected chi connectivity index (χ1v) is 4.64. The van der Waals surface area contributed by atoms with Crippen molar-refractivity contribution in [3.8, 4) is 0 Å². The highest BCUT2D eigenvalue weighted by Crippen LogP contribution is 2.03. The lowest BCUT2D eigenvalue weighted by molar-refractivity contribution is -0.159.